The van der Waals surface area contributed by atoms with Gasteiger partial charge < -0.3 is 10.6 Å². The van der Waals surface area contributed by atoms with E-state index in [0.717, 1.165) is 18.3 Å². The van der Waals surface area contributed by atoms with Gasteiger partial charge in [-0.2, -0.15) is 0 Å². The van der Waals surface area contributed by atoms with Gasteiger partial charge in [-0.15, -0.1) is 0 Å². The first-order chi connectivity index (χ1) is 9.19. The van der Waals surface area contributed by atoms with Gasteiger partial charge in [0.05, 0.1) is 5.56 Å². The monoisotopic (exact) mass is 261 g/mol. The van der Waals surface area contributed by atoms with Gasteiger partial charge in [0.15, 0.2) is 0 Å². The van der Waals surface area contributed by atoms with Crippen LogP contribution in [0.2, 0.25) is 0 Å². The average molecular weight is 261 g/mol. The first kappa shape index (κ1) is 13.8. The van der Waals surface area contributed by atoms with E-state index in [1.807, 2.05) is 13.1 Å². The van der Waals surface area contributed by atoms with E-state index in [2.05, 4.69) is 22.5 Å². The van der Waals surface area contributed by atoms with Crippen LogP contribution >= 0.6 is 0 Å². The van der Waals surface area contributed by atoms with Gasteiger partial charge in [0.2, 0.25) is 0 Å². The lowest BCUT2D eigenvalue weighted by Gasteiger charge is -2.26. The summed E-state index contributed by atoms with van der Waals surface area (Å²) in [4.78, 5) is 16.2. The summed E-state index contributed by atoms with van der Waals surface area (Å²) in [5.41, 5.74) is 0.628. The van der Waals surface area contributed by atoms with Gasteiger partial charge in [-0.1, -0.05) is 19.8 Å². The number of aromatic nitrogens is 1. The van der Waals surface area contributed by atoms with E-state index in [1.54, 1.807) is 12.3 Å². The van der Waals surface area contributed by atoms with Crippen molar-refractivity contribution in [2.75, 3.05) is 18.9 Å². The molecule has 1 aromatic heterocycles. The minimum absolute atomic E-state index is 0.0200. The van der Waals surface area contributed by atoms with Crippen molar-refractivity contribution in [3.8, 4) is 0 Å². The van der Waals surface area contributed by atoms with Crippen LogP contribution in [0.5, 0.6) is 0 Å². The number of carbonyl (C=O) groups is 1. The van der Waals surface area contributed by atoms with E-state index < -0.39 is 0 Å². The maximum absolute atomic E-state index is 12.0. The zero-order valence-corrected chi connectivity index (χ0v) is 11.8. The van der Waals surface area contributed by atoms with Crippen LogP contribution in [-0.2, 0) is 0 Å². The Morgan fingerprint density at radius 1 is 1.42 bits per heavy atom. The molecule has 4 nitrogen and oxygen atoms in total. The molecule has 1 aliphatic rings. The summed E-state index contributed by atoms with van der Waals surface area (Å²) < 4.78 is 0. The molecule has 2 unspecified atom stereocenters. The van der Waals surface area contributed by atoms with Crippen molar-refractivity contribution >= 4 is 11.7 Å². The smallest absolute Gasteiger partial charge is 0.252 e. The Balaban J connectivity index is 1.83. The van der Waals surface area contributed by atoms with Crippen LogP contribution in [0, 0.1) is 11.8 Å². The van der Waals surface area contributed by atoms with Gasteiger partial charge in [0, 0.05) is 19.8 Å². The number of anilines is 1. The Bertz CT molecular complexity index is 416. The molecular formula is C15H23N3O. The molecule has 1 aliphatic carbocycles. The van der Waals surface area contributed by atoms with Crippen molar-refractivity contribution in [1.29, 1.82) is 0 Å². The van der Waals surface area contributed by atoms with Crippen molar-refractivity contribution in [3.63, 3.8) is 0 Å². The van der Waals surface area contributed by atoms with Crippen LogP contribution in [0.1, 0.15) is 43.0 Å². The lowest BCUT2D eigenvalue weighted by molar-refractivity contribution is 0.0940. The summed E-state index contributed by atoms with van der Waals surface area (Å²) in [5, 5.41) is 5.97. The number of nitrogens with one attached hydrogen (secondary N) is 2. The van der Waals surface area contributed by atoms with E-state index >= 15 is 0 Å². The Morgan fingerprint density at radius 2 is 2.26 bits per heavy atom. The molecule has 0 aromatic carbocycles. The van der Waals surface area contributed by atoms with Crippen LogP contribution in [0.3, 0.4) is 0 Å². The van der Waals surface area contributed by atoms with Crippen LogP contribution in [-0.4, -0.2) is 24.5 Å². The predicted octanol–water partition coefficient (Wildman–Crippen LogP) is 2.68. The zero-order chi connectivity index (χ0) is 13.7. The second-order valence-electron chi connectivity index (χ2n) is 5.53. The normalized spacial score (nSPS) is 22.8. The van der Waals surface area contributed by atoms with Gasteiger partial charge >= 0.3 is 0 Å². The van der Waals surface area contributed by atoms with Gasteiger partial charge in [0.1, 0.15) is 5.82 Å². The quantitative estimate of drug-likeness (QED) is 0.876. The third kappa shape index (κ3) is 3.94. The molecule has 4 heteroatoms. The molecule has 1 heterocycles. The Kier molecular flexibility index (Phi) is 4.77. The Morgan fingerprint density at radius 3 is 2.89 bits per heavy atom. The molecule has 2 N–H and O–H groups in total. The lowest BCUT2D eigenvalue weighted by Crippen LogP contribution is -2.31. The molecule has 1 amide bonds. The number of hydrogen-bond donors (Lipinski definition) is 2. The standard InChI is InChI=1S/C15H23N3O/c1-11-4-3-5-12(8-11)9-18-15(19)13-6-7-14(16-2)17-10-13/h6-7,10-12H,3-5,8-9H2,1-2H3,(H,16,17)(H,18,19). The van der Waals surface area contributed by atoms with Crippen molar-refractivity contribution in [2.45, 2.75) is 32.6 Å². The second-order valence-corrected chi connectivity index (χ2v) is 5.53. The van der Waals surface area contributed by atoms with Crippen LogP contribution in [0.25, 0.3) is 0 Å². The summed E-state index contributed by atoms with van der Waals surface area (Å²) >= 11 is 0. The number of pyridine rings is 1. The SMILES string of the molecule is CNc1ccc(C(=O)NCC2CCCC(C)C2)cn1. The highest BCUT2D eigenvalue weighted by Gasteiger charge is 2.19. The third-order valence-electron chi connectivity index (χ3n) is 3.88. The van der Waals surface area contributed by atoms with Gasteiger partial charge in [-0.05, 0) is 36.8 Å². The fourth-order valence-corrected chi connectivity index (χ4v) is 2.76. The predicted molar refractivity (Wildman–Crippen MR) is 77.2 cm³/mol. The molecule has 0 spiro atoms. The molecule has 1 saturated carbocycles. The minimum Gasteiger partial charge on any atom is -0.373 e. The van der Waals surface area contributed by atoms with E-state index in [9.17, 15) is 4.79 Å². The molecule has 0 bridgehead atoms. The molecule has 19 heavy (non-hydrogen) atoms. The molecule has 0 saturated heterocycles. The molecule has 2 atom stereocenters. The van der Waals surface area contributed by atoms with Crippen molar-refractivity contribution < 1.29 is 4.79 Å². The number of rotatable bonds is 4. The fourth-order valence-electron chi connectivity index (χ4n) is 2.76. The topological polar surface area (TPSA) is 54.0 Å². The van der Waals surface area contributed by atoms with E-state index in [1.165, 1.54) is 25.7 Å². The number of nitrogens with zero attached hydrogens (tertiary/aromatic N) is 1. The Labute approximate surface area is 115 Å². The van der Waals surface area contributed by atoms with Crippen LogP contribution in [0.15, 0.2) is 18.3 Å². The summed E-state index contributed by atoms with van der Waals surface area (Å²) in [6.45, 7) is 3.09. The maximum atomic E-state index is 12.0. The highest BCUT2D eigenvalue weighted by molar-refractivity contribution is 5.94. The highest BCUT2D eigenvalue weighted by Crippen LogP contribution is 2.27. The van der Waals surface area contributed by atoms with E-state index in [0.29, 0.717) is 11.5 Å². The second kappa shape index (κ2) is 6.55. The molecule has 1 aromatic rings. The molecular weight excluding hydrogens is 238 g/mol. The van der Waals surface area contributed by atoms with Crippen molar-refractivity contribution in [1.82, 2.24) is 10.3 Å². The molecule has 1 fully saturated rings. The molecule has 104 valence electrons. The van der Waals surface area contributed by atoms with Crippen LogP contribution in [0.4, 0.5) is 5.82 Å². The molecule has 0 radical (unpaired) electrons. The van der Waals surface area contributed by atoms with Gasteiger partial charge in [0.25, 0.3) is 5.91 Å². The number of amides is 1. The highest BCUT2D eigenvalue weighted by atomic mass is 16.1. The van der Waals surface area contributed by atoms with Gasteiger partial charge in [-0.25, -0.2) is 4.98 Å². The Hall–Kier alpha value is -1.58. The first-order valence-corrected chi connectivity index (χ1v) is 7.11. The molecule has 0 aliphatic heterocycles. The maximum Gasteiger partial charge on any atom is 0.252 e. The lowest BCUT2D eigenvalue weighted by atomic mass is 9.82. The van der Waals surface area contributed by atoms with Crippen LogP contribution < -0.4 is 10.6 Å². The number of hydrogen-bond acceptors (Lipinski definition) is 3. The van der Waals surface area contributed by atoms with E-state index in [4.69, 9.17) is 0 Å². The fraction of sp³-hybridized carbons (Fsp3) is 0.600. The summed E-state index contributed by atoms with van der Waals surface area (Å²) in [7, 11) is 1.81. The largest absolute Gasteiger partial charge is 0.373 e. The summed E-state index contributed by atoms with van der Waals surface area (Å²) in [6, 6.07) is 3.62. The first-order valence-electron chi connectivity index (χ1n) is 7.11. The molecule has 2 rings (SSSR count). The van der Waals surface area contributed by atoms with Crippen molar-refractivity contribution in [2.24, 2.45) is 11.8 Å². The third-order valence-corrected chi connectivity index (χ3v) is 3.88. The number of carbonyl (C=O) groups excluding carboxylic acids is 1. The van der Waals surface area contributed by atoms with Crippen molar-refractivity contribution in [3.05, 3.63) is 23.9 Å². The summed E-state index contributed by atoms with van der Waals surface area (Å²) in [5.74, 6) is 2.19. The average Bonchev–Trinajstić information content (AvgIpc) is 2.45. The minimum atomic E-state index is -0.0200. The van der Waals surface area contributed by atoms with E-state index in [-0.39, 0.29) is 5.91 Å². The summed E-state index contributed by atoms with van der Waals surface area (Å²) in [6.07, 6.45) is 6.71. The zero-order valence-electron chi connectivity index (χ0n) is 11.8. The van der Waals surface area contributed by atoms with Gasteiger partial charge in [-0.3, -0.25) is 4.79 Å².